The molecular weight excluding hydrogens is 1200 g/mol. The van der Waals surface area contributed by atoms with Crippen molar-refractivity contribution in [3.8, 4) is 57.2 Å². The first-order valence-corrected chi connectivity index (χ1v) is 32.8. The van der Waals surface area contributed by atoms with E-state index in [9.17, 15) is 0 Å². The van der Waals surface area contributed by atoms with Crippen molar-refractivity contribution >= 4 is 99.8 Å². The summed E-state index contributed by atoms with van der Waals surface area (Å²) in [5.74, 6) is 3.25. The van der Waals surface area contributed by atoms with E-state index in [0.717, 1.165) is 122 Å². The Morgan fingerprint density at radius 2 is 0.541 bits per heavy atom. The first-order chi connectivity index (χ1) is 48.6. The van der Waals surface area contributed by atoms with Crippen LogP contribution >= 0.6 is 0 Å². The van der Waals surface area contributed by atoms with E-state index in [1.807, 2.05) is 135 Å². The number of hydrogen-bond donors (Lipinski definition) is 0. The van der Waals surface area contributed by atoms with Gasteiger partial charge in [0, 0.05) is 89.7 Å². The summed E-state index contributed by atoms with van der Waals surface area (Å²) in [6.45, 7) is 4.00. The molecule has 0 spiro atoms. The number of benzene rings is 12. The van der Waals surface area contributed by atoms with Gasteiger partial charge in [0.15, 0.2) is 11.6 Å². The van der Waals surface area contributed by atoms with Crippen LogP contribution in [0.15, 0.2) is 340 Å². The zero-order chi connectivity index (χ0) is 65.7. The SMILES string of the molecule is CC.c1cc(-c2cc3ccccc3cn2)cc(-c2nc(-n3c4ccccc4c4ccccc43)nc(-n3c4ccccc4c4ccccc43)n2)c1.c1ccc(N(c2ccccc2)c2nc(-c3cccc(-c4cc5ccccc5cn4)c3)nc(N(c3ccccc3)c3ccccc3)n2)cc1. The highest BCUT2D eigenvalue weighted by Gasteiger charge is 2.25. The van der Waals surface area contributed by atoms with Crippen molar-refractivity contribution in [1.82, 2.24) is 49.0 Å². The number of hydrogen-bond acceptors (Lipinski definition) is 10. The molecule has 0 fully saturated rings. The molecule has 0 bridgehead atoms. The van der Waals surface area contributed by atoms with Gasteiger partial charge in [-0.05, 0) is 108 Å². The molecule has 18 aromatic rings. The van der Waals surface area contributed by atoms with Crippen molar-refractivity contribution in [3.63, 3.8) is 0 Å². The molecule has 0 atom stereocenters. The standard InChI is InChI=1S/C42H26N6.C42H30N6.C2H6/c1-2-13-30-26-43-35(25-27(30)12-1)28-14-11-15-29(24-28)40-44-41(47-36-20-7-3-16-31(36)32-17-4-8-21-37(32)47)46-42(45-40)48-38-22-9-5-18-33(38)34-19-6-10-23-39(34)48;1-5-20-35(21-6-1)47(36-22-7-2-8-23-36)41-44-40(33-19-15-18-32(28-33)39-29-31-16-13-14-17-34(31)30-43-39)45-42(46-41)48(37-24-9-3-10-25-37)38-26-11-4-12-27-38;1-2/h1-26H;1-30H;1-2H3. The van der Waals surface area contributed by atoms with Gasteiger partial charge in [-0.2, -0.15) is 29.9 Å². The molecule has 0 N–H and O–H groups in total. The van der Waals surface area contributed by atoms with E-state index in [0.29, 0.717) is 35.4 Å². The maximum Gasteiger partial charge on any atom is 0.240 e. The fraction of sp³-hybridized carbons (Fsp3) is 0.0233. The van der Waals surface area contributed by atoms with Crippen LogP contribution in [0.25, 0.3) is 122 Å². The predicted octanol–water partition coefficient (Wildman–Crippen LogP) is 21.7. The van der Waals surface area contributed by atoms with Gasteiger partial charge in [-0.25, -0.2) is 0 Å². The molecule has 0 aliphatic carbocycles. The zero-order valence-corrected chi connectivity index (χ0v) is 53.7. The first-order valence-electron chi connectivity index (χ1n) is 32.8. The van der Waals surface area contributed by atoms with E-state index in [4.69, 9.17) is 39.9 Å². The normalized spacial score (nSPS) is 11.2. The van der Waals surface area contributed by atoms with Crippen LogP contribution in [0.1, 0.15) is 13.8 Å². The molecule has 466 valence electrons. The Labute approximate surface area is 566 Å². The van der Waals surface area contributed by atoms with Crippen LogP contribution in [0.4, 0.5) is 34.6 Å². The Balaban J connectivity index is 0.000000150. The number of rotatable bonds is 12. The van der Waals surface area contributed by atoms with Gasteiger partial charge < -0.3 is 0 Å². The molecule has 6 heterocycles. The summed E-state index contributed by atoms with van der Waals surface area (Å²) in [5, 5.41) is 9.11. The molecule has 0 unspecified atom stereocenters. The molecule has 12 nitrogen and oxygen atoms in total. The second kappa shape index (κ2) is 26.6. The van der Waals surface area contributed by atoms with Crippen LogP contribution in [-0.2, 0) is 0 Å². The molecule has 12 aromatic carbocycles. The van der Waals surface area contributed by atoms with Gasteiger partial charge in [-0.3, -0.25) is 28.9 Å². The minimum atomic E-state index is 0.499. The average Bonchev–Trinajstić information content (AvgIpc) is 1.58. The number of pyridine rings is 2. The van der Waals surface area contributed by atoms with Crippen molar-refractivity contribution in [2.75, 3.05) is 9.80 Å². The van der Waals surface area contributed by atoms with Crippen molar-refractivity contribution in [1.29, 1.82) is 0 Å². The summed E-state index contributed by atoms with van der Waals surface area (Å²) in [4.78, 5) is 44.9. The van der Waals surface area contributed by atoms with Crippen molar-refractivity contribution < 1.29 is 0 Å². The topological polar surface area (TPSA) is 119 Å². The first kappa shape index (κ1) is 59.7. The lowest BCUT2D eigenvalue weighted by molar-refractivity contribution is 0.893. The number of fused-ring (bicyclic) bond motifs is 8. The van der Waals surface area contributed by atoms with Gasteiger partial charge in [-0.15, -0.1) is 0 Å². The predicted molar refractivity (Wildman–Crippen MR) is 401 cm³/mol. The monoisotopic (exact) mass is 1260 g/mol. The molecule has 0 amide bonds. The lowest BCUT2D eigenvalue weighted by Crippen LogP contribution is -2.19. The van der Waals surface area contributed by atoms with Crippen molar-refractivity contribution in [3.05, 3.63) is 340 Å². The molecule has 0 radical (unpaired) electrons. The maximum absolute atomic E-state index is 5.25. The minimum absolute atomic E-state index is 0.499. The summed E-state index contributed by atoms with van der Waals surface area (Å²) in [7, 11) is 0. The Morgan fingerprint density at radius 1 is 0.245 bits per heavy atom. The third-order valence-electron chi connectivity index (χ3n) is 17.3. The van der Waals surface area contributed by atoms with E-state index < -0.39 is 0 Å². The Kier molecular flexibility index (Phi) is 16.2. The van der Waals surface area contributed by atoms with Gasteiger partial charge in [0.25, 0.3) is 0 Å². The Bertz CT molecular complexity index is 5460. The third kappa shape index (κ3) is 11.5. The zero-order valence-electron chi connectivity index (χ0n) is 53.7. The van der Waals surface area contributed by atoms with Gasteiger partial charge in [0.2, 0.25) is 23.8 Å². The highest BCUT2D eigenvalue weighted by molar-refractivity contribution is 6.10. The smallest absolute Gasteiger partial charge is 0.240 e. The van der Waals surface area contributed by atoms with Crippen LogP contribution in [0.2, 0.25) is 0 Å². The Hall–Kier alpha value is -13.3. The number of aromatic nitrogens is 10. The van der Waals surface area contributed by atoms with Crippen LogP contribution in [-0.4, -0.2) is 49.0 Å². The summed E-state index contributed by atoms with van der Waals surface area (Å²) < 4.78 is 4.31. The molecule has 18 rings (SSSR count). The van der Waals surface area contributed by atoms with Crippen LogP contribution in [0.5, 0.6) is 0 Å². The second-order valence-corrected chi connectivity index (χ2v) is 23.3. The lowest BCUT2D eigenvalue weighted by Gasteiger charge is -2.27. The summed E-state index contributed by atoms with van der Waals surface area (Å²) in [6.07, 6.45) is 3.85. The molecular formula is C86H62N12. The average molecular weight is 1260 g/mol. The maximum atomic E-state index is 5.25. The van der Waals surface area contributed by atoms with E-state index in [1.165, 1.54) is 0 Å². The number of anilines is 6. The molecule has 0 aliphatic rings. The van der Waals surface area contributed by atoms with E-state index >= 15 is 0 Å². The van der Waals surface area contributed by atoms with E-state index in [2.05, 4.69) is 237 Å². The minimum Gasteiger partial charge on any atom is -0.279 e. The molecule has 6 aromatic heterocycles. The summed E-state index contributed by atoms with van der Waals surface area (Å²) in [6, 6.07) is 112. The largest absolute Gasteiger partial charge is 0.279 e. The van der Waals surface area contributed by atoms with Gasteiger partial charge in [0.05, 0.1) is 33.5 Å². The summed E-state index contributed by atoms with van der Waals surface area (Å²) >= 11 is 0. The fourth-order valence-corrected chi connectivity index (χ4v) is 12.8. The Morgan fingerprint density at radius 3 is 0.898 bits per heavy atom. The molecule has 98 heavy (non-hydrogen) atoms. The van der Waals surface area contributed by atoms with Crippen molar-refractivity contribution in [2.45, 2.75) is 13.8 Å². The molecule has 0 saturated carbocycles. The van der Waals surface area contributed by atoms with Crippen LogP contribution in [0, 0.1) is 0 Å². The molecule has 12 heteroatoms. The fourth-order valence-electron chi connectivity index (χ4n) is 12.8. The number of nitrogens with zero attached hydrogens (tertiary/aromatic N) is 12. The van der Waals surface area contributed by atoms with Crippen LogP contribution in [0.3, 0.4) is 0 Å². The number of para-hydroxylation sites is 8. The highest BCUT2D eigenvalue weighted by Crippen LogP contribution is 2.40. The molecule has 0 aliphatic heterocycles. The quantitative estimate of drug-likeness (QED) is 0.117. The lowest BCUT2D eigenvalue weighted by atomic mass is 10.0. The van der Waals surface area contributed by atoms with E-state index in [1.54, 1.807) is 0 Å². The van der Waals surface area contributed by atoms with Crippen molar-refractivity contribution in [2.24, 2.45) is 0 Å². The second-order valence-electron chi connectivity index (χ2n) is 23.3. The third-order valence-corrected chi connectivity index (χ3v) is 17.3. The van der Waals surface area contributed by atoms with Gasteiger partial charge in [-0.1, -0.05) is 244 Å². The summed E-state index contributed by atoms with van der Waals surface area (Å²) in [5.41, 5.74) is 13.4. The van der Waals surface area contributed by atoms with Gasteiger partial charge >= 0.3 is 0 Å². The van der Waals surface area contributed by atoms with E-state index in [-0.39, 0.29) is 0 Å². The molecule has 0 saturated heterocycles. The van der Waals surface area contributed by atoms with Crippen LogP contribution < -0.4 is 9.80 Å². The van der Waals surface area contributed by atoms with Gasteiger partial charge in [0.1, 0.15) is 0 Å². The highest BCUT2D eigenvalue weighted by atomic mass is 15.4.